The molecule has 1 aromatic heterocycles. The molecule has 2 heterocycles. The maximum Gasteiger partial charge on any atom is 0.105 e. The number of hydrogen-bond acceptors (Lipinski definition) is 0. The van der Waals surface area contributed by atoms with Crippen molar-refractivity contribution < 1.29 is 4.90 Å². The van der Waals surface area contributed by atoms with Crippen molar-refractivity contribution in [1.29, 1.82) is 0 Å². The average Bonchev–Trinajstić information content (AvgIpc) is 2.77. The molecule has 0 fully saturated rings. The summed E-state index contributed by atoms with van der Waals surface area (Å²) in [6.45, 7) is 3.54. The molecular weight excluding hydrogens is 196 g/mol. The summed E-state index contributed by atoms with van der Waals surface area (Å²) < 4.78 is 0. The highest BCUT2D eigenvalue weighted by Gasteiger charge is 2.19. The van der Waals surface area contributed by atoms with E-state index in [0.29, 0.717) is 0 Å². The Morgan fingerprint density at radius 3 is 2.88 bits per heavy atom. The van der Waals surface area contributed by atoms with Crippen molar-refractivity contribution in [3.05, 3.63) is 59.4 Å². The highest BCUT2D eigenvalue weighted by atomic mass is 15.1. The number of benzene rings is 1. The first kappa shape index (κ1) is 9.67. The standard InChI is InChI=1S/C14H16N2/c1-2-4-12(5-3-1)10-16-9-7-14-13(11-16)6-8-15-14/h1-6,8,15H,7,9-11H2/p+1. The smallest absolute Gasteiger partial charge is 0.105 e. The minimum Gasteiger partial charge on any atom is -0.364 e. The lowest BCUT2D eigenvalue weighted by Crippen LogP contribution is -3.10. The second-order valence-corrected chi connectivity index (χ2v) is 4.57. The van der Waals surface area contributed by atoms with Gasteiger partial charge in [0.25, 0.3) is 0 Å². The van der Waals surface area contributed by atoms with Crippen molar-refractivity contribution in [3.63, 3.8) is 0 Å². The van der Waals surface area contributed by atoms with Gasteiger partial charge < -0.3 is 9.88 Å². The first-order valence-electron chi connectivity index (χ1n) is 5.94. The fraction of sp³-hybridized carbons (Fsp3) is 0.286. The van der Waals surface area contributed by atoms with E-state index < -0.39 is 0 Å². The summed E-state index contributed by atoms with van der Waals surface area (Å²) in [7, 11) is 0. The molecule has 82 valence electrons. The van der Waals surface area contributed by atoms with Gasteiger partial charge in [-0.25, -0.2) is 0 Å². The van der Waals surface area contributed by atoms with Crippen molar-refractivity contribution in [2.45, 2.75) is 19.5 Å². The van der Waals surface area contributed by atoms with Crippen molar-refractivity contribution >= 4 is 0 Å². The molecular formula is C14H17N2+. The third kappa shape index (κ3) is 1.89. The fourth-order valence-electron chi connectivity index (χ4n) is 2.53. The van der Waals surface area contributed by atoms with E-state index in [4.69, 9.17) is 0 Å². The third-order valence-electron chi connectivity index (χ3n) is 3.40. The zero-order chi connectivity index (χ0) is 10.8. The summed E-state index contributed by atoms with van der Waals surface area (Å²) in [6, 6.07) is 13.0. The minimum atomic E-state index is 1.14. The highest BCUT2D eigenvalue weighted by molar-refractivity contribution is 5.21. The molecule has 2 N–H and O–H groups in total. The molecule has 3 rings (SSSR count). The Balaban J connectivity index is 1.71. The molecule has 1 atom stereocenters. The van der Waals surface area contributed by atoms with Crippen LogP contribution in [-0.4, -0.2) is 11.5 Å². The molecule has 1 unspecified atom stereocenters. The lowest BCUT2D eigenvalue weighted by Gasteiger charge is -2.23. The summed E-state index contributed by atoms with van der Waals surface area (Å²) >= 11 is 0. The zero-order valence-electron chi connectivity index (χ0n) is 9.37. The number of aromatic nitrogens is 1. The number of fused-ring (bicyclic) bond motifs is 1. The molecule has 0 aliphatic carbocycles. The minimum absolute atomic E-state index is 1.14. The van der Waals surface area contributed by atoms with Gasteiger partial charge in [-0.1, -0.05) is 30.3 Å². The number of hydrogen-bond donors (Lipinski definition) is 2. The van der Waals surface area contributed by atoms with Gasteiger partial charge in [0.1, 0.15) is 13.1 Å². The van der Waals surface area contributed by atoms with E-state index in [-0.39, 0.29) is 0 Å². The van der Waals surface area contributed by atoms with Gasteiger partial charge >= 0.3 is 0 Å². The van der Waals surface area contributed by atoms with Gasteiger partial charge in [0.2, 0.25) is 0 Å². The fourth-order valence-corrected chi connectivity index (χ4v) is 2.53. The van der Waals surface area contributed by atoms with Gasteiger partial charge in [-0.3, -0.25) is 0 Å². The van der Waals surface area contributed by atoms with Crippen molar-refractivity contribution in [2.24, 2.45) is 0 Å². The van der Waals surface area contributed by atoms with Gasteiger partial charge in [-0.15, -0.1) is 0 Å². The number of quaternary nitrogens is 1. The number of aromatic amines is 1. The van der Waals surface area contributed by atoms with Gasteiger partial charge in [-0.05, 0) is 6.07 Å². The molecule has 1 aliphatic heterocycles. The molecule has 0 radical (unpaired) electrons. The van der Waals surface area contributed by atoms with E-state index in [0.717, 1.165) is 13.1 Å². The Labute approximate surface area is 95.9 Å². The maximum atomic E-state index is 3.33. The van der Waals surface area contributed by atoms with E-state index in [1.165, 1.54) is 29.8 Å². The van der Waals surface area contributed by atoms with Crippen LogP contribution in [-0.2, 0) is 19.5 Å². The second-order valence-electron chi connectivity index (χ2n) is 4.57. The van der Waals surface area contributed by atoms with E-state index in [1.807, 2.05) is 0 Å². The van der Waals surface area contributed by atoms with Gasteiger partial charge in [0.05, 0.1) is 6.54 Å². The molecule has 16 heavy (non-hydrogen) atoms. The van der Waals surface area contributed by atoms with Crippen LogP contribution in [0.15, 0.2) is 42.6 Å². The Morgan fingerprint density at radius 1 is 1.12 bits per heavy atom. The number of H-pyrrole nitrogens is 1. The molecule has 1 aromatic carbocycles. The number of rotatable bonds is 2. The SMILES string of the molecule is c1ccc(C[NH+]2CCc3[nH]ccc3C2)cc1. The predicted molar refractivity (Wildman–Crippen MR) is 64.2 cm³/mol. The summed E-state index contributed by atoms with van der Waals surface area (Å²) in [4.78, 5) is 4.99. The molecule has 0 amide bonds. The Kier molecular flexibility index (Phi) is 2.50. The lowest BCUT2D eigenvalue weighted by molar-refractivity contribution is -0.929. The topological polar surface area (TPSA) is 20.2 Å². The predicted octanol–water partition coefficient (Wildman–Crippen LogP) is 1.16. The summed E-state index contributed by atoms with van der Waals surface area (Å²) in [5, 5.41) is 0. The van der Waals surface area contributed by atoms with Crippen LogP contribution >= 0.6 is 0 Å². The van der Waals surface area contributed by atoms with Gasteiger partial charge in [-0.2, -0.15) is 0 Å². The second kappa shape index (κ2) is 4.14. The van der Waals surface area contributed by atoms with Crippen molar-refractivity contribution in [1.82, 2.24) is 4.98 Å². The van der Waals surface area contributed by atoms with Crippen LogP contribution in [0, 0.1) is 0 Å². The van der Waals surface area contributed by atoms with Crippen molar-refractivity contribution in [3.8, 4) is 0 Å². The van der Waals surface area contributed by atoms with Crippen LogP contribution in [0.2, 0.25) is 0 Å². The lowest BCUT2D eigenvalue weighted by atomic mass is 10.1. The molecule has 2 nitrogen and oxygen atoms in total. The van der Waals surface area contributed by atoms with Crippen molar-refractivity contribution in [2.75, 3.05) is 6.54 Å². The van der Waals surface area contributed by atoms with Crippen LogP contribution in [0.1, 0.15) is 16.8 Å². The Hall–Kier alpha value is -1.54. The van der Waals surface area contributed by atoms with E-state index in [9.17, 15) is 0 Å². The van der Waals surface area contributed by atoms with Crippen LogP contribution in [0.4, 0.5) is 0 Å². The first-order valence-corrected chi connectivity index (χ1v) is 5.94. The first-order chi connectivity index (χ1) is 7.92. The third-order valence-corrected chi connectivity index (χ3v) is 3.40. The zero-order valence-corrected chi connectivity index (χ0v) is 9.37. The van der Waals surface area contributed by atoms with Crippen LogP contribution in [0.3, 0.4) is 0 Å². The summed E-state index contributed by atoms with van der Waals surface area (Å²) in [5.74, 6) is 0. The Bertz CT molecular complexity index is 459. The number of nitrogens with one attached hydrogen (secondary N) is 2. The molecule has 0 spiro atoms. The maximum absolute atomic E-state index is 3.33. The van der Waals surface area contributed by atoms with E-state index >= 15 is 0 Å². The average molecular weight is 213 g/mol. The molecule has 0 saturated heterocycles. The van der Waals surface area contributed by atoms with Gasteiger partial charge in [0.15, 0.2) is 0 Å². The van der Waals surface area contributed by atoms with Crippen LogP contribution in [0.5, 0.6) is 0 Å². The van der Waals surface area contributed by atoms with E-state index in [2.05, 4.69) is 47.6 Å². The van der Waals surface area contributed by atoms with Crippen LogP contribution in [0.25, 0.3) is 0 Å². The Morgan fingerprint density at radius 2 is 2.00 bits per heavy atom. The molecule has 2 aromatic rings. The molecule has 0 bridgehead atoms. The summed E-state index contributed by atoms with van der Waals surface area (Å²) in [5.41, 5.74) is 4.38. The quantitative estimate of drug-likeness (QED) is 0.746. The monoisotopic (exact) mass is 213 g/mol. The molecule has 2 heteroatoms. The van der Waals surface area contributed by atoms with Gasteiger partial charge in [0, 0.05) is 29.4 Å². The van der Waals surface area contributed by atoms with Crippen LogP contribution < -0.4 is 4.90 Å². The normalized spacial score (nSPS) is 19.4. The highest BCUT2D eigenvalue weighted by Crippen LogP contribution is 2.08. The summed E-state index contributed by atoms with van der Waals surface area (Å²) in [6.07, 6.45) is 3.25. The molecule has 0 saturated carbocycles. The molecule has 1 aliphatic rings. The largest absolute Gasteiger partial charge is 0.364 e. The van der Waals surface area contributed by atoms with E-state index in [1.54, 1.807) is 4.90 Å².